The molecule has 0 heterocycles. The third-order valence-corrected chi connectivity index (χ3v) is 3.06. The quantitative estimate of drug-likeness (QED) is 0.280. The van der Waals surface area contributed by atoms with Gasteiger partial charge in [0.05, 0.1) is 0 Å². The van der Waals surface area contributed by atoms with Crippen LogP contribution in [0.3, 0.4) is 0 Å². The van der Waals surface area contributed by atoms with Crippen LogP contribution in [-0.4, -0.2) is 36.1 Å². The molecule has 0 atom stereocenters. The van der Waals surface area contributed by atoms with Crippen molar-refractivity contribution in [2.24, 2.45) is 16.3 Å². The molecule has 6 nitrogen and oxygen atoms in total. The van der Waals surface area contributed by atoms with Crippen molar-refractivity contribution < 1.29 is 10.0 Å². The van der Waals surface area contributed by atoms with E-state index in [-0.39, 0.29) is 11.7 Å². The van der Waals surface area contributed by atoms with Gasteiger partial charge < -0.3 is 10.9 Å². The van der Waals surface area contributed by atoms with Gasteiger partial charge in [-0.25, -0.2) is 5.01 Å². The maximum Gasteiger partial charge on any atom is 0.248 e. The van der Waals surface area contributed by atoms with Crippen LogP contribution in [0.4, 0.5) is 0 Å². The van der Waals surface area contributed by atoms with E-state index in [4.69, 9.17) is 10.9 Å². The maximum absolute atomic E-state index is 12.1. The molecule has 92 valence electrons. The molecular formula is C10H20N4O2. The molecule has 1 aliphatic rings. The third kappa shape index (κ3) is 2.44. The highest BCUT2D eigenvalue weighted by molar-refractivity contribution is 6.06. The molecule has 1 rings (SSSR count). The Bertz CT molecular complexity index is 283. The zero-order valence-corrected chi connectivity index (χ0v) is 9.86. The third-order valence-electron chi connectivity index (χ3n) is 3.06. The van der Waals surface area contributed by atoms with E-state index in [1.54, 1.807) is 19.1 Å². The van der Waals surface area contributed by atoms with Crippen LogP contribution < -0.4 is 11.2 Å². The van der Waals surface area contributed by atoms with Crippen LogP contribution in [-0.2, 0) is 4.79 Å². The van der Waals surface area contributed by atoms with Crippen LogP contribution in [0, 0.1) is 5.41 Å². The summed E-state index contributed by atoms with van der Waals surface area (Å²) >= 11 is 0. The molecule has 0 bridgehead atoms. The zero-order valence-electron chi connectivity index (χ0n) is 9.86. The normalized spacial score (nSPS) is 20.8. The van der Waals surface area contributed by atoms with Crippen LogP contribution in [0.2, 0.25) is 0 Å². The fourth-order valence-electron chi connectivity index (χ4n) is 2.16. The highest BCUT2D eigenvalue weighted by Gasteiger charge is 2.44. The number of carbonyl (C=O) groups is 1. The second-order valence-corrected chi connectivity index (χ2v) is 4.46. The van der Waals surface area contributed by atoms with Crippen molar-refractivity contribution in [1.82, 2.24) is 10.4 Å². The first-order chi connectivity index (χ1) is 7.53. The molecule has 0 aliphatic heterocycles. The summed E-state index contributed by atoms with van der Waals surface area (Å²) in [7, 11) is 3.47. The van der Waals surface area contributed by atoms with Crippen molar-refractivity contribution in [1.29, 1.82) is 0 Å². The van der Waals surface area contributed by atoms with Crippen LogP contribution in [0.15, 0.2) is 5.16 Å². The number of nitrogens with two attached hydrogens (primary N) is 1. The van der Waals surface area contributed by atoms with Gasteiger partial charge in [0, 0.05) is 14.1 Å². The molecule has 1 saturated carbocycles. The molecule has 16 heavy (non-hydrogen) atoms. The second-order valence-electron chi connectivity index (χ2n) is 4.46. The van der Waals surface area contributed by atoms with Crippen LogP contribution in [0.25, 0.3) is 0 Å². The van der Waals surface area contributed by atoms with E-state index in [0.717, 1.165) is 19.3 Å². The average Bonchev–Trinajstić information content (AvgIpc) is 2.28. The van der Waals surface area contributed by atoms with E-state index >= 15 is 0 Å². The number of amidine groups is 1. The summed E-state index contributed by atoms with van der Waals surface area (Å²) in [6.45, 7) is 0. The summed E-state index contributed by atoms with van der Waals surface area (Å²) in [5, 5.41) is 13.4. The lowest BCUT2D eigenvalue weighted by atomic mass is 9.72. The van der Waals surface area contributed by atoms with E-state index in [9.17, 15) is 4.79 Å². The fraction of sp³-hybridized carbons (Fsp3) is 0.800. The van der Waals surface area contributed by atoms with Gasteiger partial charge in [-0.2, -0.15) is 0 Å². The van der Waals surface area contributed by atoms with Crippen molar-refractivity contribution in [2.75, 3.05) is 14.1 Å². The van der Waals surface area contributed by atoms with Gasteiger partial charge in [-0.3, -0.25) is 10.2 Å². The summed E-state index contributed by atoms with van der Waals surface area (Å²) in [5.41, 5.74) is 7.53. The lowest BCUT2D eigenvalue weighted by Gasteiger charge is -2.35. The Morgan fingerprint density at radius 1 is 1.38 bits per heavy atom. The van der Waals surface area contributed by atoms with Gasteiger partial charge in [-0.1, -0.05) is 24.4 Å². The minimum absolute atomic E-state index is 0.0200. The number of hydrogen-bond acceptors (Lipinski definition) is 4. The standard InChI is InChI=1S/C10H20N4O2/c1-14(2)12-9(15)10(8(11)13-16)6-4-3-5-7-10/h16H,3-7H2,1-2H3,(H2,11,13)(H,12,15). The molecule has 6 heteroatoms. The SMILES string of the molecule is CN(C)NC(=O)C1(C(N)=NO)CCCCC1. The minimum atomic E-state index is -0.836. The van der Waals surface area contributed by atoms with Gasteiger partial charge >= 0.3 is 0 Å². The number of amides is 1. The molecule has 0 aromatic carbocycles. The number of rotatable bonds is 3. The van der Waals surface area contributed by atoms with Crippen molar-refractivity contribution in [3.05, 3.63) is 0 Å². The van der Waals surface area contributed by atoms with Crippen molar-refractivity contribution in [2.45, 2.75) is 32.1 Å². The lowest BCUT2D eigenvalue weighted by molar-refractivity contribution is -0.133. The zero-order chi connectivity index (χ0) is 12.2. The minimum Gasteiger partial charge on any atom is -0.409 e. The molecule has 1 amide bonds. The van der Waals surface area contributed by atoms with Crippen LogP contribution in [0.5, 0.6) is 0 Å². The number of carbonyl (C=O) groups excluding carboxylic acids is 1. The average molecular weight is 228 g/mol. The molecule has 0 unspecified atom stereocenters. The van der Waals surface area contributed by atoms with E-state index < -0.39 is 5.41 Å². The van der Waals surface area contributed by atoms with E-state index in [1.165, 1.54) is 0 Å². The summed E-state index contributed by atoms with van der Waals surface area (Å²) < 4.78 is 0. The fourth-order valence-corrected chi connectivity index (χ4v) is 2.16. The van der Waals surface area contributed by atoms with Gasteiger partial charge in [0.25, 0.3) is 0 Å². The Kier molecular flexibility index (Phi) is 4.12. The Morgan fingerprint density at radius 3 is 2.38 bits per heavy atom. The van der Waals surface area contributed by atoms with E-state index in [1.807, 2.05) is 0 Å². The van der Waals surface area contributed by atoms with Gasteiger partial charge in [0.15, 0.2) is 5.84 Å². The first-order valence-corrected chi connectivity index (χ1v) is 5.49. The molecule has 1 aliphatic carbocycles. The van der Waals surface area contributed by atoms with Crippen molar-refractivity contribution in [3.8, 4) is 0 Å². The van der Waals surface area contributed by atoms with Crippen molar-refractivity contribution >= 4 is 11.7 Å². The summed E-state index contributed by atoms with van der Waals surface area (Å²) in [6.07, 6.45) is 4.23. The summed E-state index contributed by atoms with van der Waals surface area (Å²) in [6, 6.07) is 0. The Balaban J connectivity index is 2.90. The Morgan fingerprint density at radius 2 is 1.94 bits per heavy atom. The number of hydrogen-bond donors (Lipinski definition) is 3. The number of nitrogens with zero attached hydrogens (tertiary/aromatic N) is 2. The summed E-state index contributed by atoms with van der Waals surface area (Å²) in [5.74, 6) is -0.168. The smallest absolute Gasteiger partial charge is 0.248 e. The second kappa shape index (κ2) is 5.16. The molecule has 0 aromatic heterocycles. The monoisotopic (exact) mass is 228 g/mol. The predicted octanol–water partition coefficient (Wildman–Crippen LogP) is 0.276. The molecule has 0 saturated heterocycles. The van der Waals surface area contributed by atoms with Crippen molar-refractivity contribution in [3.63, 3.8) is 0 Å². The predicted molar refractivity (Wildman–Crippen MR) is 60.8 cm³/mol. The molecule has 0 radical (unpaired) electrons. The summed E-state index contributed by atoms with van der Waals surface area (Å²) in [4.78, 5) is 12.1. The van der Waals surface area contributed by atoms with Gasteiger partial charge in [-0.05, 0) is 12.8 Å². The van der Waals surface area contributed by atoms with E-state index in [0.29, 0.717) is 12.8 Å². The molecule has 0 aromatic rings. The van der Waals surface area contributed by atoms with Gasteiger partial charge in [-0.15, -0.1) is 0 Å². The maximum atomic E-state index is 12.1. The highest BCUT2D eigenvalue weighted by atomic mass is 16.4. The molecule has 0 spiro atoms. The number of oxime groups is 1. The van der Waals surface area contributed by atoms with Crippen LogP contribution in [0.1, 0.15) is 32.1 Å². The largest absolute Gasteiger partial charge is 0.409 e. The lowest BCUT2D eigenvalue weighted by Crippen LogP contribution is -2.53. The molecule has 1 fully saturated rings. The number of nitrogens with one attached hydrogen (secondary N) is 1. The van der Waals surface area contributed by atoms with Gasteiger partial charge in [0.1, 0.15) is 5.41 Å². The highest BCUT2D eigenvalue weighted by Crippen LogP contribution is 2.36. The van der Waals surface area contributed by atoms with Gasteiger partial charge in [0.2, 0.25) is 5.91 Å². The Labute approximate surface area is 95.4 Å². The first kappa shape index (κ1) is 12.8. The number of hydrazine groups is 1. The van der Waals surface area contributed by atoms with E-state index in [2.05, 4.69) is 10.6 Å². The topological polar surface area (TPSA) is 91.0 Å². The Hall–Kier alpha value is -1.30. The molecular weight excluding hydrogens is 208 g/mol. The molecule has 4 N–H and O–H groups in total. The van der Waals surface area contributed by atoms with Crippen LogP contribution >= 0.6 is 0 Å². The first-order valence-electron chi connectivity index (χ1n) is 5.49.